The van der Waals surface area contributed by atoms with Gasteiger partial charge in [-0.25, -0.2) is 4.79 Å². The lowest BCUT2D eigenvalue weighted by Crippen LogP contribution is -2.16. The number of nitrogens with one attached hydrogen (secondary N) is 1. The molecule has 2 N–H and O–H groups in total. The normalized spacial score (nSPS) is 10.2. The van der Waals surface area contributed by atoms with Crippen molar-refractivity contribution < 1.29 is 14.6 Å². The van der Waals surface area contributed by atoms with E-state index < -0.39 is 11.4 Å². The van der Waals surface area contributed by atoms with Gasteiger partial charge in [0.05, 0.1) is 4.47 Å². The molecule has 0 radical (unpaired) electrons. The van der Waals surface area contributed by atoms with Gasteiger partial charge in [0.1, 0.15) is 6.61 Å². The second kappa shape index (κ2) is 5.71. The number of rotatable bonds is 4. The smallest absolute Gasteiger partial charge is 0.356 e. The Kier molecular flexibility index (Phi) is 4.01. The number of carboxylic acid groups (broad SMARTS) is 1. The lowest BCUT2D eigenvalue weighted by Gasteiger charge is -2.08. The van der Waals surface area contributed by atoms with Crippen molar-refractivity contribution in [2.45, 2.75) is 6.61 Å². The Balaban J connectivity index is 2.31. The van der Waals surface area contributed by atoms with Crippen LogP contribution >= 0.6 is 15.9 Å². The highest BCUT2D eigenvalue weighted by Gasteiger charge is 2.17. The molecular weight excluding hydrogens is 314 g/mol. The van der Waals surface area contributed by atoms with E-state index in [4.69, 9.17) is 9.84 Å². The van der Waals surface area contributed by atoms with Gasteiger partial charge in [-0.3, -0.25) is 4.79 Å². The minimum atomic E-state index is -1.24. The predicted octanol–water partition coefficient (Wildman–Crippen LogP) is 2.41. The third kappa shape index (κ3) is 3.03. The van der Waals surface area contributed by atoms with Crippen molar-refractivity contribution in [2.75, 3.05) is 0 Å². The second-order valence-electron chi connectivity index (χ2n) is 3.75. The molecule has 2 rings (SSSR count). The first-order valence-corrected chi connectivity index (χ1v) is 6.20. The Labute approximate surface area is 117 Å². The fraction of sp³-hybridized carbons (Fsp3) is 0.0769. The Morgan fingerprint density at radius 1 is 1.32 bits per heavy atom. The number of aromatic nitrogens is 1. The van der Waals surface area contributed by atoms with Crippen LogP contribution in [0.3, 0.4) is 0 Å². The molecule has 1 heterocycles. The molecule has 0 unspecified atom stereocenters. The highest BCUT2D eigenvalue weighted by atomic mass is 79.9. The van der Waals surface area contributed by atoms with Crippen LogP contribution in [0.4, 0.5) is 0 Å². The van der Waals surface area contributed by atoms with Crippen molar-refractivity contribution in [1.29, 1.82) is 0 Å². The summed E-state index contributed by atoms with van der Waals surface area (Å²) >= 11 is 3.04. The summed E-state index contributed by atoms with van der Waals surface area (Å²) in [7, 11) is 0. The number of ether oxygens (including phenoxy) is 1. The molecule has 5 nitrogen and oxygen atoms in total. The molecule has 2 aromatic rings. The SMILES string of the molecule is O=C(O)c1[nH]cc(Br)c(=O)c1OCc1ccccc1. The number of aromatic amines is 1. The fourth-order valence-electron chi connectivity index (χ4n) is 1.51. The summed E-state index contributed by atoms with van der Waals surface area (Å²) in [4.78, 5) is 25.4. The number of benzene rings is 1. The number of halogens is 1. The van der Waals surface area contributed by atoms with Crippen LogP contribution in [0.1, 0.15) is 16.1 Å². The van der Waals surface area contributed by atoms with Gasteiger partial charge >= 0.3 is 5.97 Å². The van der Waals surface area contributed by atoms with E-state index in [1.807, 2.05) is 30.3 Å². The summed E-state index contributed by atoms with van der Waals surface area (Å²) in [6, 6.07) is 9.18. The molecule has 6 heteroatoms. The van der Waals surface area contributed by atoms with E-state index in [0.29, 0.717) is 0 Å². The molecule has 0 bridgehead atoms. The average molecular weight is 324 g/mol. The summed E-state index contributed by atoms with van der Waals surface area (Å²) in [6.07, 6.45) is 1.28. The fourth-order valence-corrected chi connectivity index (χ4v) is 1.81. The minimum Gasteiger partial charge on any atom is -0.482 e. The molecule has 1 aromatic heterocycles. The largest absolute Gasteiger partial charge is 0.482 e. The molecule has 19 heavy (non-hydrogen) atoms. The van der Waals surface area contributed by atoms with Crippen molar-refractivity contribution in [3.05, 3.63) is 62.5 Å². The van der Waals surface area contributed by atoms with E-state index in [1.54, 1.807) is 0 Å². The third-order valence-corrected chi connectivity index (χ3v) is 3.02. The Morgan fingerprint density at radius 2 is 2.00 bits per heavy atom. The topological polar surface area (TPSA) is 79.4 Å². The van der Waals surface area contributed by atoms with E-state index in [2.05, 4.69) is 20.9 Å². The lowest BCUT2D eigenvalue weighted by molar-refractivity contribution is 0.0684. The van der Waals surface area contributed by atoms with Gasteiger partial charge in [-0.15, -0.1) is 0 Å². The molecule has 0 spiro atoms. The maximum Gasteiger partial charge on any atom is 0.356 e. The van der Waals surface area contributed by atoms with Gasteiger partial charge in [0.2, 0.25) is 5.43 Å². The molecule has 0 amide bonds. The van der Waals surface area contributed by atoms with E-state index in [0.717, 1.165) is 5.56 Å². The minimum absolute atomic E-state index is 0.126. The Bertz CT molecular complexity index is 651. The number of carbonyl (C=O) groups is 1. The Morgan fingerprint density at radius 3 is 2.63 bits per heavy atom. The van der Waals surface area contributed by atoms with Gasteiger partial charge in [0.15, 0.2) is 11.4 Å². The van der Waals surface area contributed by atoms with Crippen LogP contribution in [0.25, 0.3) is 0 Å². The van der Waals surface area contributed by atoms with E-state index >= 15 is 0 Å². The van der Waals surface area contributed by atoms with Crippen LogP contribution in [0.15, 0.2) is 45.8 Å². The Hall–Kier alpha value is -2.08. The predicted molar refractivity (Wildman–Crippen MR) is 72.5 cm³/mol. The third-order valence-electron chi connectivity index (χ3n) is 2.43. The molecule has 0 atom stereocenters. The van der Waals surface area contributed by atoms with Crippen LogP contribution < -0.4 is 10.2 Å². The van der Waals surface area contributed by atoms with Crippen molar-refractivity contribution in [2.24, 2.45) is 0 Å². The summed E-state index contributed by atoms with van der Waals surface area (Å²) in [5.41, 5.74) is 0.0921. The van der Waals surface area contributed by atoms with Crippen LogP contribution in [0.5, 0.6) is 5.75 Å². The first-order valence-electron chi connectivity index (χ1n) is 5.41. The monoisotopic (exact) mass is 323 g/mol. The molecule has 0 aliphatic rings. The molecule has 0 saturated heterocycles. The van der Waals surface area contributed by atoms with Crippen LogP contribution in [0, 0.1) is 0 Å². The van der Waals surface area contributed by atoms with Crippen molar-refractivity contribution in [3.8, 4) is 5.75 Å². The van der Waals surface area contributed by atoms with E-state index in [-0.39, 0.29) is 22.5 Å². The standard InChI is InChI=1S/C13H10BrNO4/c14-9-6-15-10(13(17)18)12(11(9)16)19-7-8-4-2-1-3-5-8/h1-6H,7H2,(H,15,16)(H,17,18). The second-order valence-corrected chi connectivity index (χ2v) is 4.60. The molecule has 0 aliphatic heterocycles. The zero-order valence-corrected chi connectivity index (χ0v) is 11.3. The summed E-state index contributed by atoms with van der Waals surface area (Å²) in [5.74, 6) is -1.45. The van der Waals surface area contributed by atoms with Gasteiger partial charge in [-0.2, -0.15) is 0 Å². The van der Waals surface area contributed by atoms with Crippen molar-refractivity contribution >= 4 is 21.9 Å². The molecule has 1 aromatic carbocycles. The summed E-state index contributed by atoms with van der Waals surface area (Å²) < 4.78 is 5.56. The first-order chi connectivity index (χ1) is 9.09. The molecular formula is C13H10BrNO4. The number of aromatic carboxylic acids is 1. The number of carboxylic acids is 1. The number of H-pyrrole nitrogens is 1. The molecule has 0 fully saturated rings. The number of hydrogen-bond donors (Lipinski definition) is 2. The molecule has 0 aliphatic carbocycles. The van der Waals surface area contributed by atoms with Gasteiger partial charge in [0, 0.05) is 6.20 Å². The van der Waals surface area contributed by atoms with Crippen LogP contribution in [0.2, 0.25) is 0 Å². The van der Waals surface area contributed by atoms with E-state index in [9.17, 15) is 9.59 Å². The maximum absolute atomic E-state index is 11.9. The number of hydrogen-bond acceptors (Lipinski definition) is 3. The summed E-state index contributed by atoms with van der Waals surface area (Å²) in [5, 5.41) is 9.01. The quantitative estimate of drug-likeness (QED) is 0.905. The zero-order chi connectivity index (χ0) is 13.8. The van der Waals surface area contributed by atoms with Gasteiger partial charge in [-0.1, -0.05) is 30.3 Å². The van der Waals surface area contributed by atoms with Crippen LogP contribution in [-0.4, -0.2) is 16.1 Å². The van der Waals surface area contributed by atoms with E-state index in [1.165, 1.54) is 6.20 Å². The maximum atomic E-state index is 11.9. The highest BCUT2D eigenvalue weighted by Crippen LogP contribution is 2.16. The van der Waals surface area contributed by atoms with Crippen LogP contribution in [-0.2, 0) is 6.61 Å². The summed E-state index contributed by atoms with van der Waals surface area (Å²) in [6.45, 7) is 0.126. The van der Waals surface area contributed by atoms with Gasteiger partial charge < -0.3 is 14.8 Å². The van der Waals surface area contributed by atoms with Gasteiger partial charge in [-0.05, 0) is 21.5 Å². The highest BCUT2D eigenvalue weighted by molar-refractivity contribution is 9.10. The average Bonchev–Trinajstić information content (AvgIpc) is 2.41. The zero-order valence-electron chi connectivity index (χ0n) is 9.72. The van der Waals surface area contributed by atoms with Gasteiger partial charge in [0.25, 0.3) is 0 Å². The lowest BCUT2D eigenvalue weighted by atomic mass is 10.2. The van der Waals surface area contributed by atoms with Crippen molar-refractivity contribution in [1.82, 2.24) is 4.98 Å². The van der Waals surface area contributed by atoms with Crippen molar-refractivity contribution in [3.63, 3.8) is 0 Å². The number of pyridine rings is 1. The molecule has 98 valence electrons. The molecule has 0 saturated carbocycles. The first kappa shape index (κ1) is 13.4.